The van der Waals surface area contributed by atoms with Crippen molar-refractivity contribution in [2.75, 3.05) is 71.4 Å². The number of carbonyl (C=O) groups is 4. The van der Waals surface area contributed by atoms with Crippen LogP contribution >= 0.6 is 0 Å². The molecule has 480 valence electrons. The number of carbonyl (C=O) groups excluding carboxylic acids is 4. The lowest BCUT2D eigenvalue weighted by atomic mass is 10.2. The summed E-state index contributed by atoms with van der Waals surface area (Å²) in [5, 5.41) is 19.7. The Labute approximate surface area is 526 Å². The van der Waals surface area contributed by atoms with E-state index in [1.54, 1.807) is 97.1 Å². The van der Waals surface area contributed by atoms with Gasteiger partial charge in [0.25, 0.3) is 0 Å². The molecule has 0 aliphatic rings. The van der Waals surface area contributed by atoms with Gasteiger partial charge in [-0.15, -0.1) is 0 Å². The van der Waals surface area contributed by atoms with E-state index in [2.05, 4.69) is 88.0 Å². The predicted octanol–water partition coefficient (Wildman–Crippen LogP) is 14.5. The number of aromatic nitrogens is 6. The van der Waals surface area contributed by atoms with Crippen molar-refractivity contribution in [3.05, 3.63) is 119 Å². The standard InChI is InChI=1S/C60H84N12O10Si3.3CH4/c1-9-13-37-77-51(73)43-19-27-47(28-20-43)63-57-67-55(68-58(71-57)64-48-29-21-44(22-30-48)52(74)78-38-14-10-2)61-35-17-41-83-81-85(7,8)82-84(5,6)42-18-36-62-56-69-59(65-49-31-23-45(24-32-49)53(75)79-39-15-11-3)72-60(70-56)66-50-33-25-46(26-34-50)54(76)80-40-16-12-4;;;/h19-34H,9-18,35-42,83H2,1-8H3,(H3,61,63,64,67,68,71)(H3,62,65,66,69,70,72);3*1H4. The van der Waals surface area contributed by atoms with Crippen molar-refractivity contribution in [1.29, 1.82) is 0 Å². The molecule has 2 heterocycles. The Hall–Kier alpha value is -7.85. The summed E-state index contributed by atoms with van der Waals surface area (Å²) in [7, 11) is -5.56. The van der Waals surface area contributed by atoms with Gasteiger partial charge in [-0.25, -0.2) is 19.2 Å². The van der Waals surface area contributed by atoms with E-state index in [4.69, 9.17) is 27.2 Å². The van der Waals surface area contributed by atoms with Gasteiger partial charge in [-0.3, -0.25) is 0 Å². The minimum atomic E-state index is -2.46. The highest BCUT2D eigenvalue weighted by molar-refractivity contribution is 6.83. The number of esters is 4. The Balaban J connectivity index is 0.00000675. The Kier molecular flexibility index (Phi) is 33.1. The molecular weight excluding hydrogens is 1170 g/mol. The van der Waals surface area contributed by atoms with Crippen LogP contribution in [0.25, 0.3) is 0 Å². The van der Waals surface area contributed by atoms with Crippen LogP contribution in [0, 0.1) is 0 Å². The number of unbranched alkanes of at least 4 members (excludes halogenated alkanes) is 4. The highest BCUT2D eigenvalue weighted by Gasteiger charge is 2.34. The second-order valence-corrected chi connectivity index (χ2v) is 31.1. The maximum atomic E-state index is 12.5. The van der Waals surface area contributed by atoms with Gasteiger partial charge in [0.2, 0.25) is 35.7 Å². The smallest absolute Gasteiger partial charge is 0.338 e. The number of nitrogens with one attached hydrogen (secondary N) is 6. The molecule has 6 rings (SSSR count). The first kappa shape index (κ1) is 74.4. The van der Waals surface area contributed by atoms with Crippen molar-refractivity contribution in [2.45, 2.75) is 152 Å². The maximum Gasteiger partial charge on any atom is 0.338 e. The summed E-state index contributed by atoms with van der Waals surface area (Å²) in [5.41, 5.74) is 4.43. The van der Waals surface area contributed by atoms with Gasteiger partial charge in [-0.2, -0.15) is 29.9 Å². The molecule has 0 radical (unpaired) electrons. The lowest BCUT2D eigenvalue weighted by Gasteiger charge is -2.33. The fourth-order valence-electron chi connectivity index (χ4n) is 8.18. The zero-order chi connectivity index (χ0) is 60.9. The molecule has 6 N–H and O–H groups in total. The number of hydrogen-bond acceptors (Lipinski definition) is 22. The summed E-state index contributed by atoms with van der Waals surface area (Å²) in [6.07, 6.45) is 8.55. The molecule has 25 heteroatoms. The van der Waals surface area contributed by atoms with E-state index < -0.39 is 26.6 Å². The molecule has 88 heavy (non-hydrogen) atoms. The van der Waals surface area contributed by atoms with Crippen LogP contribution in [-0.2, 0) is 27.2 Å². The Bertz CT molecular complexity index is 2870. The average molecular weight is 1270 g/mol. The summed E-state index contributed by atoms with van der Waals surface area (Å²) in [6, 6.07) is 29.4. The summed E-state index contributed by atoms with van der Waals surface area (Å²) >= 11 is 0. The lowest BCUT2D eigenvalue weighted by Crippen LogP contribution is -2.47. The highest BCUT2D eigenvalue weighted by atomic mass is 28.5. The molecule has 0 saturated heterocycles. The third-order valence-electron chi connectivity index (χ3n) is 12.8. The molecule has 0 saturated carbocycles. The van der Waals surface area contributed by atoms with Crippen LogP contribution in [-0.4, -0.2) is 120 Å². The van der Waals surface area contributed by atoms with Crippen molar-refractivity contribution in [2.24, 2.45) is 0 Å². The van der Waals surface area contributed by atoms with E-state index in [9.17, 15) is 19.2 Å². The highest BCUT2D eigenvalue weighted by Crippen LogP contribution is 2.25. The number of nitrogens with zero attached hydrogens (tertiary/aromatic N) is 6. The first-order chi connectivity index (χ1) is 41.0. The van der Waals surface area contributed by atoms with Crippen molar-refractivity contribution < 1.29 is 46.4 Å². The molecule has 6 aromatic rings. The fourth-order valence-corrected chi connectivity index (χ4v) is 18.7. The third kappa shape index (κ3) is 26.6. The third-order valence-corrected chi connectivity index (χ3v) is 22.9. The van der Waals surface area contributed by atoms with Gasteiger partial charge < -0.3 is 59.1 Å². The SMILES string of the molecule is C.C.C.CCCCOC(=O)c1ccc(Nc2nc(NCCC[SiH2]O[Si](C)(C)O[Si](C)(C)CCCNc3nc(Nc4ccc(C(=O)OCCCC)cc4)nc(Nc4ccc(C(=O)OCCCC)cc4)n3)nc(Nc3ccc(C(=O)OCCCC)cc3)n2)cc1. The van der Waals surface area contributed by atoms with Crippen LogP contribution in [0.5, 0.6) is 0 Å². The minimum Gasteiger partial charge on any atom is -0.462 e. The average Bonchev–Trinajstić information content (AvgIpc) is 3.66. The molecule has 0 spiro atoms. The van der Waals surface area contributed by atoms with Crippen molar-refractivity contribution >= 4 is 109 Å². The van der Waals surface area contributed by atoms with Gasteiger partial charge in [0.15, 0.2) is 8.32 Å². The molecular formula is C63H96N12O10Si3. The van der Waals surface area contributed by atoms with Gasteiger partial charge in [0, 0.05) is 35.8 Å². The topological polar surface area (TPSA) is 273 Å². The fraction of sp³-hybridized carbons (Fsp3) is 0.460. The molecule has 0 aliphatic carbocycles. The molecule has 4 aromatic carbocycles. The van der Waals surface area contributed by atoms with Crippen LogP contribution in [0.4, 0.5) is 58.4 Å². The second kappa shape index (κ2) is 39.1. The molecule has 22 nitrogen and oxygen atoms in total. The van der Waals surface area contributed by atoms with Crippen molar-refractivity contribution in [3.63, 3.8) is 0 Å². The molecule has 0 amide bonds. The summed E-state index contributed by atoms with van der Waals surface area (Å²) in [5.74, 6) is 0.308. The van der Waals surface area contributed by atoms with Gasteiger partial charge >= 0.3 is 32.4 Å². The van der Waals surface area contributed by atoms with Gasteiger partial charge in [0.05, 0.1) is 48.7 Å². The van der Waals surface area contributed by atoms with Crippen LogP contribution < -0.4 is 31.9 Å². The number of anilines is 10. The molecule has 0 unspecified atom stereocenters. The first-order valence-electron chi connectivity index (χ1n) is 29.5. The molecule has 0 atom stereocenters. The predicted molar refractivity (Wildman–Crippen MR) is 361 cm³/mol. The quantitative estimate of drug-likeness (QED) is 0.00910. The second-order valence-electron chi connectivity index (χ2n) is 21.2. The van der Waals surface area contributed by atoms with E-state index in [0.29, 0.717) is 96.4 Å². The monoisotopic (exact) mass is 1260 g/mol. The number of rotatable bonds is 38. The summed E-state index contributed by atoms with van der Waals surface area (Å²) in [6.45, 7) is 19.5. The first-order valence-corrected chi connectivity index (χ1v) is 37.1. The van der Waals surface area contributed by atoms with Crippen LogP contribution in [0.3, 0.4) is 0 Å². The molecule has 0 fully saturated rings. The summed E-state index contributed by atoms with van der Waals surface area (Å²) in [4.78, 5) is 78.0. The molecule has 2 aromatic heterocycles. The van der Waals surface area contributed by atoms with Gasteiger partial charge in [0.1, 0.15) is 9.76 Å². The number of benzene rings is 4. The number of ether oxygens (including phenoxy) is 4. The normalized spacial score (nSPS) is 11.0. The van der Waals surface area contributed by atoms with Crippen molar-refractivity contribution in [1.82, 2.24) is 29.9 Å². The van der Waals surface area contributed by atoms with E-state index in [0.717, 1.165) is 76.3 Å². The largest absolute Gasteiger partial charge is 0.462 e. The van der Waals surface area contributed by atoms with E-state index >= 15 is 0 Å². The minimum absolute atomic E-state index is 0. The Morgan fingerprint density at radius 2 is 0.670 bits per heavy atom. The van der Waals surface area contributed by atoms with E-state index in [-0.39, 0.29) is 70.0 Å². The zero-order valence-electron chi connectivity index (χ0n) is 50.4. The Morgan fingerprint density at radius 3 is 0.955 bits per heavy atom. The van der Waals surface area contributed by atoms with E-state index in [1.165, 1.54) is 0 Å². The van der Waals surface area contributed by atoms with Crippen LogP contribution in [0.1, 0.15) is 156 Å². The lowest BCUT2D eigenvalue weighted by molar-refractivity contribution is 0.0490. The zero-order valence-corrected chi connectivity index (χ0v) is 53.9. The van der Waals surface area contributed by atoms with Gasteiger partial charge in [-0.05, 0) is 174 Å². The number of hydrogen-bond donors (Lipinski definition) is 6. The van der Waals surface area contributed by atoms with Crippen LogP contribution in [0.2, 0.25) is 38.3 Å². The van der Waals surface area contributed by atoms with E-state index in [1.807, 2.05) is 27.7 Å². The van der Waals surface area contributed by atoms with Crippen LogP contribution in [0.15, 0.2) is 97.1 Å². The van der Waals surface area contributed by atoms with Crippen molar-refractivity contribution in [3.8, 4) is 0 Å². The summed E-state index contributed by atoms with van der Waals surface area (Å²) < 4.78 is 34.9. The Morgan fingerprint density at radius 1 is 0.398 bits per heavy atom. The maximum absolute atomic E-state index is 12.5. The van der Waals surface area contributed by atoms with Gasteiger partial charge in [-0.1, -0.05) is 75.7 Å². The molecule has 0 aliphatic heterocycles. The molecule has 0 bridgehead atoms.